The Morgan fingerprint density at radius 1 is 1.29 bits per heavy atom. The second-order valence-electron chi connectivity index (χ2n) is 4.56. The quantitative estimate of drug-likeness (QED) is 0.786. The Morgan fingerprint density at radius 3 is 2.35 bits per heavy atom. The maximum Gasteiger partial charge on any atom is 0.161 e. The molecule has 1 aliphatic carbocycles. The standard InChI is InChI=1S/C13H17NO3/c1-16-11-5-9(7-13(14)3-4-13)10(8-15)6-12(11)17-2/h5-6,8H,3-4,7,14H2,1-2H3. The number of hydrogen-bond acceptors (Lipinski definition) is 4. The van der Waals surface area contributed by atoms with Crippen LogP contribution in [0.25, 0.3) is 0 Å². The Kier molecular flexibility index (Phi) is 3.07. The third-order valence-corrected chi connectivity index (χ3v) is 3.21. The summed E-state index contributed by atoms with van der Waals surface area (Å²) in [4.78, 5) is 11.1. The van der Waals surface area contributed by atoms with Gasteiger partial charge in [0.15, 0.2) is 11.5 Å². The first kappa shape index (κ1) is 11.9. The number of carbonyl (C=O) groups is 1. The van der Waals surface area contributed by atoms with Crippen LogP contribution in [0, 0.1) is 0 Å². The van der Waals surface area contributed by atoms with Crippen molar-refractivity contribution in [3.63, 3.8) is 0 Å². The van der Waals surface area contributed by atoms with Crippen molar-refractivity contribution in [2.45, 2.75) is 24.8 Å². The molecule has 1 aromatic rings. The molecule has 1 saturated carbocycles. The van der Waals surface area contributed by atoms with Crippen LogP contribution in [0.4, 0.5) is 0 Å². The van der Waals surface area contributed by atoms with Gasteiger partial charge in [-0.05, 0) is 37.0 Å². The van der Waals surface area contributed by atoms with E-state index in [0.29, 0.717) is 23.5 Å². The number of carbonyl (C=O) groups excluding carboxylic acids is 1. The molecule has 0 heterocycles. The second-order valence-corrected chi connectivity index (χ2v) is 4.56. The number of rotatable bonds is 5. The van der Waals surface area contributed by atoms with Gasteiger partial charge >= 0.3 is 0 Å². The van der Waals surface area contributed by atoms with Gasteiger partial charge in [-0.3, -0.25) is 4.79 Å². The lowest BCUT2D eigenvalue weighted by molar-refractivity contribution is 0.112. The van der Waals surface area contributed by atoms with Crippen molar-refractivity contribution in [2.75, 3.05) is 14.2 Å². The van der Waals surface area contributed by atoms with Crippen molar-refractivity contribution in [2.24, 2.45) is 5.73 Å². The van der Waals surface area contributed by atoms with E-state index in [-0.39, 0.29) is 5.54 Å². The topological polar surface area (TPSA) is 61.5 Å². The highest BCUT2D eigenvalue weighted by atomic mass is 16.5. The molecular weight excluding hydrogens is 218 g/mol. The highest BCUT2D eigenvalue weighted by Gasteiger charge is 2.38. The summed E-state index contributed by atoms with van der Waals surface area (Å²) in [7, 11) is 3.13. The molecule has 0 spiro atoms. The molecule has 4 heteroatoms. The molecule has 2 N–H and O–H groups in total. The monoisotopic (exact) mass is 235 g/mol. The fourth-order valence-electron chi connectivity index (χ4n) is 1.92. The molecule has 0 atom stereocenters. The van der Waals surface area contributed by atoms with E-state index < -0.39 is 0 Å². The summed E-state index contributed by atoms with van der Waals surface area (Å²) >= 11 is 0. The van der Waals surface area contributed by atoms with E-state index >= 15 is 0 Å². The second kappa shape index (κ2) is 4.37. The zero-order valence-electron chi connectivity index (χ0n) is 10.2. The molecule has 0 aliphatic heterocycles. The number of aldehydes is 1. The summed E-state index contributed by atoms with van der Waals surface area (Å²) in [6, 6.07) is 3.54. The molecule has 1 aromatic carbocycles. The van der Waals surface area contributed by atoms with Crippen molar-refractivity contribution in [1.29, 1.82) is 0 Å². The van der Waals surface area contributed by atoms with E-state index in [1.54, 1.807) is 20.3 Å². The lowest BCUT2D eigenvalue weighted by Crippen LogP contribution is -2.25. The van der Waals surface area contributed by atoms with Crippen LogP contribution in [0.2, 0.25) is 0 Å². The van der Waals surface area contributed by atoms with Crippen molar-refractivity contribution in [3.05, 3.63) is 23.3 Å². The molecule has 0 radical (unpaired) electrons. The van der Waals surface area contributed by atoms with Crippen molar-refractivity contribution < 1.29 is 14.3 Å². The summed E-state index contributed by atoms with van der Waals surface area (Å²) < 4.78 is 10.4. The molecule has 17 heavy (non-hydrogen) atoms. The molecule has 0 aromatic heterocycles. The molecule has 1 aliphatic rings. The van der Waals surface area contributed by atoms with Crippen molar-refractivity contribution >= 4 is 6.29 Å². The predicted molar refractivity (Wildman–Crippen MR) is 64.8 cm³/mol. The molecular formula is C13H17NO3. The van der Waals surface area contributed by atoms with Gasteiger partial charge in [-0.1, -0.05) is 0 Å². The Balaban J connectivity index is 2.38. The van der Waals surface area contributed by atoms with Crippen molar-refractivity contribution in [1.82, 2.24) is 0 Å². The molecule has 2 rings (SSSR count). The van der Waals surface area contributed by atoms with E-state index in [0.717, 1.165) is 24.7 Å². The average Bonchev–Trinajstić information content (AvgIpc) is 3.06. The van der Waals surface area contributed by atoms with E-state index in [1.807, 2.05) is 6.07 Å². The van der Waals surface area contributed by atoms with E-state index in [9.17, 15) is 4.79 Å². The van der Waals surface area contributed by atoms with Crippen LogP contribution in [0.5, 0.6) is 11.5 Å². The highest BCUT2D eigenvalue weighted by Crippen LogP contribution is 2.38. The van der Waals surface area contributed by atoms with Gasteiger partial charge in [-0.15, -0.1) is 0 Å². The van der Waals surface area contributed by atoms with Crippen LogP contribution >= 0.6 is 0 Å². The van der Waals surface area contributed by atoms with E-state index in [4.69, 9.17) is 15.2 Å². The molecule has 0 bridgehead atoms. The summed E-state index contributed by atoms with van der Waals surface area (Å²) in [5.41, 5.74) is 7.50. The maximum absolute atomic E-state index is 11.1. The van der Waals surface area contributed by atoms with Crippen LogP contribution in [-0.4, -0.2) is 26.0 Å². The minimum Gasteiger partial charge on any atom is -0.493 e. The third-order valence-electron chi connectivity index (χ3n) is 3.21. The van der Waals surface area contributed by atoms with Gasteiger partial charge < -0.3 is 15.2 Å². The number of ether oxygens (including phenoxy) is 2. The van der Waals surface area contributed by atoms with Gasteiger partial charge in [-0.2, -0.15) is 0 Å². The Hall–Kier alpha value is -1.55. The zero-order valence-corrected chi connectivity index (χ0v) is 10.2. The van der Waals surface area contributed by atoms with E-state index in [1.165, 1.54) is 0 Å². The highest BCUT2D eigenvalue weighted by molar-refractivity contribution is 5.79. The van der Waals surface area contributed by atoms with Crippen LogP contribution in [0.1, 0.15) is 28.8 Å². The van der Waals surface area contributed by atoms with Gasteiger partial charge in [0, 0.05) is 11.1 Å². The smallest absolute Gasteiger partial charge is 0.161 e. The summed E-state index contributed by atoms with van der Waals surface area (Å²) in [6.07, 6.45) is 3.57. The Morgan fingerprint density at radius 2 is 1.88 bits per heavy atom. The number of nitrogens with two attached hydrogens (primary N) is 1. The molecule has 1 fully saturated rings. The van der Waals surface area contributed by atoms with Crippen LogP contribution in [0.3, 0.4) is 0 Å². The first-order chi connectivity index (χ1) is 8.11. The average molecular weight is 235 g/mol. The number of hydrogen-bond donors (Lipinski definition) is 1. The summed E-state index contributed by atoms with van der Waals surface area (Å²) in [5.74, 6) is 1.21. The zero-order chi connectivity index (χ0) is 12.5. The lowest BCUT2D eigenvalue weighted by atomic mass is 9.99. The molecule has 0 saturated heterocycles. The lowest BCUT2D eigenvalue weighted by Gasteiger charge is -2.14. The Bertz CT molecular complexity index is 439. The molecule has 4 nitrogen and oxygen atoms in total. The van der Waals surface area contributed by atoms with Gasteiger partial charge in [-0.25, -0.2) is 0 Å². The largest absolute Gasteiger partial charge is 0.493 e. The predicted octanol–water partition coefficient (Wildman–Crippen LogP) is 1.55. The normalized spacial score (nSPS) is 16.4. The molecule has 0 amide bonds. The van der Waals surface area contributed by atoms with Gasteiger partial charge in [0.05, 0.1) is 14.2 Å². The van der Waals surface area contributed by atoms with Crippen LogP contribution in [0.15, 0.2) is 12.1 Å². The van der Waals surface area contributed by atoms with Gasteiger partial charge in [0.2, 0.25) is 0 Å². The van der Waals surface area contributed by atoms with Crippen LogP contribution in [-0.2, 0) is 6.42 Å². The fourth-order valence-corrected chi connectivity index (χ4v) is 1.92. The number of benzene rings is 1. The van der Waals surface area contributed by atoms with Gasteiger partial charge in [0.1, 0.15) is 6.29 Å². The third kappa shape index (κ3) is 2.42. The van der Waals surface area contributed by atoms with E-state index in [2.05, 4.69) is 0 Å². The molecule has 92 valence electrons. The first-order valence-corrected chi connectivity index (χ1v) is 5.61. The SMILES string of the molecule is COc1cc(C=O)c(CC2(N)CC2)cc1OC. The van der Waals surface area contributed by atoms with Crippen molar-refractivity contribution in [3.8, 4) is 11.5 Å². The summed E-state index contributed by atoms with van der Waals surface area (Å²) in [5, 5.41) is 0. The molecule has 0 unspecified atom stereocenters. The maximum atomic E-state index is 11.1. The fraction of sp³-hybridized carbons (Fsp3) is 0.462. The summed E-state index contributed by atoms with van der Waals surface area (Å²) in [6.45, 7) is 0. The first-order valence-electron chi connectivity index (χ1n) is 5.61. The van der Waals surface area contributed by atoms with Gasteiger partial charge in [0.25, 0.3) is 0 Å². The van der Waals surface area contributed by atoms with Crippen LogP contribution < -0.4 is 15.2 Å². The number of methoxy groups -OCH3 is 2. The minimum absolute atomic E-state index is 0.128. The Labute approximate surface area is 101 Å². The minimum atomic E-state index is -0.128.